The van der Waals surface area contributed by atoms with Crippen molar-refractivity contribution in [1.82, 2.24) is 19.5 Å². The molecule has 21 heteroatoms. The summed E-state index contributed by atoms with van der Waals surface area (Å²) in [7, 11) is -15.0. The van der Waals surface area contributed by atoms with Gasteiger partial charge >= 0.3 is 23.5 Å². The van der Waals surface area contributed by atoms with Crippen LogP contribution in [0.3, 0.4) is 0 Å². The summed E-state index contributed by atoms with van der Waals surface area (Å²) in [6.07, 6.45) is 0.258. The number of imidazole rings is 1. The number of aromatic nitrogens is 4. The van der Waals surface area contributed by atoms with Gasteiger partial charge in [0.15, 0.2) is 22.1 Å². The first kappa shape index (κ1) is 28.6. The predicted octanol–water partition coefficient (Wildman–Crippen LogP) is 0.606. The SMILES string of the molecule is CNc1nc(SC)nc2c1ncn2[C@@H]1C[C@](C)(COP(=O)(O)OP(=O)(O)OP(=O)(O)O)[C@@H](O)[C@H]1O. The molecule has 0 spiro atoms. The Kier molecular flexibility index (Phi) is 8.22. The molecule has 35 heavy (non-hydrogen) atoms. The van der Waals surface area contributed by atoms with Crippen LogP contribution in [0.15, 0.2) is 11.5 Å². The van der Waals surface area contributed by atoms with Crippen LogP contribution in [0.1, 0.15) is 19.4 Å². The van der Waals surface area contributed by atoms with E-state index in [0.717, 1.165) is 0 Å². The number of hydrogen-bond donors (Lipinski definition) is 7. The molecule has 1 aliphatic rings. The van der Waals surface area contributed by atoms with Crippen molar-refractivity contribution in [3.63, 3.8) is 0 Å². The molecule has 1 aliphatic carbocycles. The Morgan fingerprint density at radius 3 is 2.40 bits per heavy atom. The second kappa shape index (κ2) is 10.1. The van der Waals surface area contributed by atoms with Crippen LogP contribution in [0, 0.1) is 5.41 Å². The van der Waals surface area contributed by atoms with Crippen molar-refractivity contribution in [3.05, 3.63) is 6.33 Å². The lowest BCUT2D eigenvalue weighted by Gasteiger charge is -2.28. The standard InChI is InChI=1S/C14H24N5O12P3S/c1-14(5-29-33(25,26)31-34(27,28)30-32(22,23)24)4-7(9(20)10(14)21)19-6-16-8-11(15-2)17-13(35-3)18-12(8)19/h6-7,9-10,20-21H,4-5H2,1-3H3,(H,25,26)(H,27,28)(H,15,17,18)(H2,22,23,24)/t7-,9+,10+,14-/m1/s1. The van der Waals surface area contributed by atoms with Gasteiger partial charge in [0.1, 0.15) is 6.10 Å². The fraction of sp³-hybridized carbons (Fsp3) is 0.643. The van der Waals surface area contributed by atoms with E-state index >= 15 is 0 Å². The van der Waals surface area contributed by atoms with Crippen molar-refractivity contribution in [1.29, 1.82) is 0 Å². The zero-order valence-electron chi connectivity index (χ0n) is 18.4. The van der Waals surface area contributed by atoms with E-state index in [2.05, 4.69) is 28.9 Å². The first-order valence-electron chi connectivity index (χ1n) is 9.61. The maximum atomic E-state index is 12.1. The van der Waals surface area contributed by atoms with E-state index in [1.807, 2.05) is 0 Å². The summed E-state index contributed by atoms with van der Waals surface area (Å²) in [6.45, 7) is 0.664. The Labute approximate surface area is 202 Å². The summed E-state index contributed by atoms with van der Waals surface area (Å²) in [6, 6.07) is -0.807. The highest BCUT2D eigenvalue weighted by atomic mass is 32.2. The molecule has 198 valence electrons. The minimum Gasteiger partial charge on any atom is -0.390 e. The van der Waals surface area contributed by atoms with E-state index < -0.39 is 53.7 Å². The van der Waals surface area contributed by atoms with E-state index in [-0.39, 0.29) is 6.42 Å². The average molecular weight is 579 g/mol. The number of phosphoric acid groups is 3. The molecule has 17 nitrogen and oxygen atoms in total. The Morgan fingerprint density at radius 1 is 1.17 bits per heavy atom. The number of nitrogens with one attached hydrogen (secondary N) is 1. The van der Waals surface area contributed by atoms with Crippen LogP contribution in [-0.4, -0.2) is 81.4 Å². The van der Waals surface area contributed by atoms with Gasteiger partial charge in [-0.3, -0.25) is 4.52 Å². The molecule has 2 aromatic heterocycles. The van der Waals surface area contributed by atoms with Gasteiger partial charge in [0.05, 0.1) is 25.1 Å². The molecule has 6 atom stereocenters. The topological polar surface area (TPSA) is 256 Å². The highest BCUT2D eigenvalue weighted by Gasteiger charge is 2.52. The van der Waals surface area contributed by atoms with E-state index in [1.165, 1.54) is 29.6 Å². The third-order valence-electron chi connectivity index (χ3n) is 5.26. The quantitative estimate of drug-likeness (QED) is 0.115. The Hall–Kier alpha value is -0.970. The maximum absolute atomic E-state index is 12.1. The molecule has 0 saturated heterocycles. The van der Waals surface area contributed by atoms with Gasteiger partial charge in [-0.25, -0.2) is 28.6 Å². The van der Waals surface area contributed by atoms with Crippen LogP contribution in [0.2, 0.25) is 0 Å². The normalized spacial score (nSPS) is 28.7. The molecule has 1 fully saturated rings. The highest BCUT2D eigenvalue weighted by Crippen LogP contribution is 2.66. The number of nitrogens with zero attached hydrogens (tertiary/aromatic N) is 4. The average Bonchev–Trinajstić information content (AvgIpc) is 3.24. The fourth-order valence-corrected chi connectivity index (χ4v) is 7.20. The first-order chi connectivity index (χ1) is 16.0. The van der Waals surface area contributed by atoms with Crippen molar-refractivity contribution in [2.45, 2.75) is 36.8 Å². The molecule has 0 amide bonds. The van der Waals surface area contributed by atoms with Gasteiger partial charge in [0.25, 0.3) is 0 Å². The van der Waals surface area contributed by atoms with E-state index in [4.69, 9.17) is 14.3 Å². The van der Waals surface area contributed by atoms with Crippen LogP contribution < -0.4 is 5.32 Å². The minimum absolute atomic E-state index is 0.0238. The molecular formula is C14H24N5O12P3S. The van der Waals surface area contributed by atoms with Crippen molar-refractivity contribution in [2.24, 2.45) is 5.41 Å². The minimum atomic E-state index is -5.69. The van der Waals surface area contributed by atoms with Crippen molar-refractivity contribution >= 4 is 52.2 Å². The number of aliphatic hydroxyl groups is 2. The van der Waals surface area contributed by atoms with Crippen molar-refractivity contribution < 1.29 is 56.6 Å². The zero-order chi connectivity index (χ0) is 26.4. The van der Waals surface area contributed by atoms with Gasteiger partial charge in [0, 0.05) is 12.5 Å². The number of phosphoric ester groups is 1. The second-order valence-corrected chi connectivity index (χ2v) is 13.1. The van der Waals surface area contributed by atoms with Crippen molar-refractivity contribution in [2.75, 3.05) is 25.2 Å². The molecule has 2 aromatic rings. The predicted molar refractivity (Wildman–Crippen MR) is 120 cm³/mol. The molecule has 2 unspecified atom stereocenters. The number of anilines is 1. The zero-order valence-corrected chi connectivity index (χ0v) is 21.9. The number of thioether (sulfide) groups is 1. The molecule has 0 aliphatic heterocycles. The van der Waals surface area contributed by atoms with Crippen LogP contribution >= 0.6 is 35.2 Å². The van der Waals surface area contributed by atoms with Crippen LogP contribution in [0.4, 0.5) is 5.82 Å². The third kappa shape index (κ3) is 6.48. The summed E-state index contributed by atoms with van der Waals surface area (Å²) >= 11 is 1.28. The summed E-state index contributed by atoms with van der Waals surface area (Å²) in [4.78, 5) is 49.2. The molecule has 3 rings (SSSR count). The van der Waals surface area contributed by atoms with E-state index in [9.17, 15) is 33.7 Å². The number of aliphatic hydroxyl groups excluding tert-OH is 2. The van der Waals surface area contributed by atoms with Crippen LogP contribution in [0.25, 0.3) is 11.2 Å². The van der Waals surface area contributed by atoms with E-state index in [1.54, 1.807) is 13.3 Å². The van der Waals surface area contributed by atoms with Gasteiger partial charge in [-0.1, -0.05) is 18.7 Å². The molecular weight excluding hydrogens is 555 g/mol. The van der Waals surface area contributed by atoms with E-state index in [0.29, 0.717) is 22.1 Å². The smallest absolute Gasteiger partial charge is 0.390 e. The van der Waals surface area contributed by atoms with Crippen molar-refractivity contribution in [3.8, 4) is 0 Å². The largest absolute Gasteiger partial charge is 0.490 e. The van der Waals surface area contributed by atoms with Gasteiger partial charge in [-0.2, -0.15) is 8.62 Å². The third-order valence-corrected chi connectivity index (χ3v) is 9.59. The number of hydrogen-bond acceptors (Lipinski definition) is 13. The molecule has 0 radical (unpaired) electrons. The summed E-state index contributed by atoms with van der Waals surface area (Å²) in [5.74, 6) is 0.446. The maximum Gasteiger partial charge on any atom is 0.490 e. The lowest BCUT2D eigenvalue weighted by atomic mass is 9.87. The lowest BCUT2D eigenvalue weighted by Crippen LogP contribution is -2.37. The molecule has 0 aromatic carbocycles. The Morgan fingerprint density at radius 2 is 1.83 bits per heavy atom. The highest BCUT2D eigenvalue weighted by molar-refractivity contribution is 7.98. The van der Waals surface area contributed by atoms with Crippen LogP contribution in [-0.2, 0) is 26.8 Å². The van der Waals surface area contributed by atoms with Gasteiger partial charge < -0.3 is 39.7 Å². The Balaban J connectivity index is 1.81. The first-order valence-corrected chi connectivity index (χ1v) is 15.4. The molecule has 1 saturated carbocycles. The van der Waals surface area contributed by atoms with Gasteiger partial charge in [-0.05, 0) is 12.7 Å². The summed E-state index contributed by atoms with van der Waals surface area (Å²) < 4.78 is 47.9. The Bertz CT molecular complexity index is 1240. The van der Waals surface area contributed by atoms with Gasteiger partial charge in [0.2, 0.25) is 0 Å². The van der Waals surface area contributed by atoms with Gasteiger partial charge in [-0.15, -0.1) is 0 Å². The molecule has 2 heterocycles. The fourth-order valence-electron chi connectivity index (χ4n) is 3.69. The molecule has 0 bridgehead atoms. The second-order valence-electron chi connectivity index (χ2n) is 7.86. The molecule has 7 N–H and O–H groups in total. The van der Waals surface area contributed by atoms with Crippen LogP contribution in [0.5, 0.6) is 0 Å². The summed E-state index contributed by atoms with van der Waals surface area (Å²) in [5, 5.41) is 24.8. The lowest BCUT2D eigenvalue weighted by molar-refractivity contribution is -0.0397. The number of rotatable bonds is 10. The number of fused-ring (bicyclic) bond motifs is 1. The monoisotopic (exact) mass is 579 g/mol. The summed E-state index contributed by atoms with van der Waals surface area (Å²) in [5.41, 5.74) is -0.608.